The molecule has 1 aromatic rings. The minimum Gasteiger partial charge on any atom is -0.389 e. The van der Waals surface area contributed by atoms with Crippen LogP contribution in [0.2, 0.25) is 0 Å². The molecule has 1 unspecified atom stereocenters. The largest absolute Gasteiger partial charge is 0.389 e. The highest BCUT2D eigenvalue weighted by Gasteiger charge is 2.20. The van der Waals surface area contributed by atoms with Crippen LogP contribution in [0.3, 0.4) is 0 Å². The van der Waals surface area contributed by atoms with Gasteiger partial charge in [-0.3, -0.25) is 0 Å². The van der Waals surface area contributed by atoms with Crippen molar-refractivity contribution in [3.63, 3.8) is 0 Å². The minimum atomic E-state index is -3.55. The predicted molar refractivity (Wildman–Crippen MR) is 91.0 cm³/mol. The van der Waals surface area contributed by atoms with Crippen LogP contribution in [0.4, 0.5) is 0 Å². The van der Waals surface area contributed by atoms with Crippen LogP contribution in [0.15, 0.2) is 23.1 Å². The fourth-order valence-electron chi connectivity index (χ4n) is 2.13. The van der Waals surface area contributed by atoms with Gasteiger partial charge in [-0.1, -0.05) is 50.5 Å². The number of sulfonamides is 1. The van der Waals surface area contributed by atoms with Crippen LogP contribution in [0, 0.1) is 6.92 Å². The smallest absolute Gasteiger partial charge is 0.241 e. The summed E-state index contributed by atoms with van der Waals surface area (Å²) in [6.45, 7) is 5.78. The highest BCUT2D eigenvalue weighted by molar-refractivity contribution is 7.89. The van der Waals surface area contributed by atoms with E-state index in [-0.39, 0.29) is 15.9 Å². The van der Waals surface area contributed by atoms with Crippen molar-refractivity contribution in [3.8, 4) is 0 Å². The fraction of sp³-hybridized carbons (Fsp3) is 0.533. The van der Waals surface area contributed by atoms with E-state index in [1.54, 1.807) is 25.1 Å². The highest BCUT2D eigenvalue weighted by atomic mass is 32.2. The SMILES string of the molecule is CCCCCC(C)NS(=O)(=O)c1cc(C(N)=S)ccc1C. The predicted octanol–water partition coefficient (Wildman–Crippen LogP) is 2.88. The van der Waals surface area contributed by atoms with Crippen LogP contribution in [0.1, 0.15) is 50.7 Å². The topological polar surface area (TPSA) is 72.2 Å². The molecule has 0 radical (unpaired) electrons. The Balaban J connectivity index is 2.92. The Morgan fingerprint density at radius 2 is 2.05 bits per heavy atom. The molecule has 3 N–H and O–H groups in total. The lowest BCUT2D eigenvalue weighted by Crippen LogP contribution is -2.33. The van der Waals surface area contributed by atoms with E-state index in [9.17, 15) is 8.42 Å². The number of unbranched alkanes of at least 4 members (excludes halogenated alkanes) is 2. The second kappa shape index (κ2) is 7.87. The maximum Gasteiger partial charge on any atom is 0.241 e. The van der Waals surface area contributed by atoms with Gasteiger partial charge in [0.2, 0.25) is 10.0 Å². The second-order valence-corrected chi connectivity index (χ2v) is 7.48. The lowest BCUT2D eigenvalue weighted by Gasteiger charge is -2.16. The monoisotopic (exact) mass is 328 g/mol. The number of nitrogens with two attached hydrogens (primary N) is 1. The first-order valence-electron chi connectivity index (χ1n) is 7.20. The maximum atomic E-state index is 12.5. The third-order valence-electron chi connectivity index (χ3n) is 3.36. The molecule has 6 heteroatoms. The summed E-state index contributed by atoms with van der Waals surface area (Å²) in [5, 5.41) is 0. The molecule has 4 nitrogen and oxygen atoms in total. The molecular weight excluding hydrogens is 304 g/mol. The molecule has 0 aliphatic rings. The maximum absolute atomic E-state index is 12.5. The Labute approximate surface area is 133 Å². The summed E-state index contributed by atoms with van der Waals surface area (Å²) in [6, 6.07) is 4.92. The van der Waals surface area contributed by atoms with E-state index >= 15 is 0 Å². The first kappa shape index (κ1) is 18.1. The van der Waals surface area contributed by atoms with Gasteiger partial charge in [-0.2, -0.15) is 0 Å². The average Bonchev–Trinajstić information content (AvgIpc) is 2.38. The zero-order valence-electron chi connectivity index (χ0n) is 12.8. The number of hydrogen-bond donors (Lipinski definition) is 2. The van der Waals surface area contributed by atoms with Crippen molar-refractivity contribution >= 4 is 27.2 Å². The third kappa shape index (κ3) is 5.37. The number of thiocarbonyl (C=S) groups is 1. The molecule has 0 saturated carbocycles. The normalized spacial score (nSPS) is 13.1. The van der Waals surface area contributed by atoms with Crippen LogP contribution in [0.5, 0.6) is 0 Å². The molecule has 0 heterocycles. The van der Waals surface area contributed by atoms with E-state index in [2.05, 4.69) is 11.6 Å². The molecule has 0 aliphatic carbocycles. The van der Waals surface area contributed by atoms with Gasteiger partial charge >= 0.3 is 0 Å². The molecule has 0 bridgehead atoms. The van der Waals surface area contributed by atoms with Gasteiger partial charge in [0.1, 0.15) is 4.99 Å². The van der Waals surface area contributed by atoms with Gasteiger partial charge in [0, 0.05) is 11.6 Å². The average molecular weight is 329 g/mol. The first-order chi connectivity index (χ1) is 9.77. The minimum absolute atomic E-state index is 0.0885. The molecule has 0 aliphatic heterocycles. The summed E-state index contributed by atoms with van der Waals surface area (Å²) in [6.07, 6.45) is 4.09. The van der Waals surface area contributed by atoms with E-state index < -0.39 is 10.0 Å². The molecule has 1 atom stereocenters. The molecule has 21 heavy (non-hydrogen) atoms. The Morgan fingerprint density at radius 3 is 2.62 bits per heavy atom. The number of nitrogens with one attached hydrogen (secondary N) is 1. The zero-order valence-corrected chi connectivity index (χ0v) is 14.5. The number of rotatable bonds is 8. The van der Waals surface area contributed by atoms with E-state index in [1.165, 1.54) is 0 Å². The standard InChI is InChI=1S/C15H24N2O2S2/c1-4-5-6-7-12(3)17-21(18,19)14-10-13(15(16)20)9-8-11(14)2/h8-10,12,17H,4-7H2,1-3H3,(H2,16,20). The third-order valence-corrected chi connectivity index (χ3v) is 5.33. The van der Waals surface area contributed by atoms with E-state index in [1.807, 2.05) is 6.92 Å². The fourth-order valence-corrected chi connectivity index (χ4v) is 3.81. The van der Waals surface area contributed by atoms with Crippen molar-refractivity contribution in [2.75, 3.05) is 0 Å². The van der Waals surface area contributed by atoms with E-state index in [0.29, 0.717) is 11.1 Å². The summed E-state index contributed by atoms with van der Waals surface area (Å²) < 4.78 is 27.7. The van der Waals surface area contributed by atoms with Crippen molar-refractivity contribution in [2.24, 2.45) is 5.73 Å². The van der Waals surface area contributed by atoms with Crippen molar-refractivity contribution in [3.05, 3.63) is 29.3 Å². The Hall–Kier alpha value is -0.980. The van der Waals surface area contributed by atoms with Crippen LogP contribution in [0.25, 0.3) is 0 Å². The van der Waals surface area contributed by atoms with E-state index in [0.717, 1.165) is 25.7 Å². The van der Waals surface area contributed by atoms with Gasteiger partial charge < -0.3 is 5.73 Å². The Bertz CT molecular complexity index is 598. The van der Waals surface area contributed by atoms with Crippen molar-refractivity contribution in [1.82, 2.24) is 4.72 Å². The molecule has 0 fully saturated rings. The van der Waals surface area contributed by atoms with Crippen molar-refractivity contribution in [2.45, 2.75) is 57.4 Å². The molecule has 0 spiro atoms. The van der Waals surface area contributed by atoms with Gasteiger partial charge in [-0.15, -0.1) is 0 Å². The number of aryl methyl sites for hydroxylation is 1. The summed E-state index contributed by atoms with van der Waals surface area (Å²) >= 11 is 4.91. The summed E-state index contributed by atoms with van der Waals surface area (Å²) in [5.74, 6) is 0. The zero-order chi connectivity index (χ0) is 16.0. The number of hydrogen-bond acceptors (Lipinski definition) is 3. The Morgan fingerprint density at radius 1 is 1.38 bits per heavy atom. The summed E-state index contributed by atoms with van der Waals surface area (Å²) in [4.78, 5) is 0.442. The summed E-state index contributed by atoms with van der Waals surface area (Å²) in [7, 11) is -3.55. The van der Waals surface area contributed by atoms with Gasteiger partial charge in [0.25, 0.3) is 0 Å². The van der Waals surface area contributed by atoms with Gasteiger partial charge in [-0.05, 0) is 31.9 Å². The molecule has 0 saturated heterocycles. The number of benzene rings is 1. The summed E-state index contributed by atoms with van der Waals surface area (Å²) in [5.41, 5.74) is 6.82. The molecule has 0 amide bonds. The van der Waals surface area contributed by atoms with Crippen LogP contribution >= 0.6 is 12.2 Å². The van der Waals surface area contributed by atoms with E-state index in [4.69, 9.17) is 18.0 Å². The Kier molecular flexibility index (Phi) is 6.77. The van der Waals surface area contributed by atoms with Crippen LogP contribution < -0.4 is 10.5 Å². The van der Waals surface area contributed by atoms with Gasteiger partial charge in [0.15, 0.2) is 0 Å². The quantitative estimate of drug-likeness (QED) is 0.568. The van der Waals surface area contributed by atoms with Crippen LogP contribution in [-0.4, -0.2) is 19.4 Å². The lowest BCUT2D eigenvalue weighted by molar-refractivity contribution is 0.527. The second-order valence-electron chi connectivity index (χ2n) is 5.36. The molecule has 0 aromatic heterocycles. The highest BCUT2D eigenvalue weighted by Crippen LogP contribution is 2.18. The van der Waals surface area contributed by atoms with Crippen molar-refractivity contribution in [1.29, 1.82) is 0 Å². The van der Waals surface area contributed by atoms with Crippen molar-refractivity contribution < 1.29 is 8.42 Å². The molecule has 1 rings (SSSR count). The first-order valence-corrected chi connectivity index (χ1v) is 9.10. The lowest BCUT2D eigenvalue weighted by atomic mass is 10.1. The molecule has 1 aromatic carbocycles. The molecule has 118 valence electrons. The van der Waals surface area contributed by atoms with Gasteiger partial charge in [-0.25, -0.2) is 13.1 Å². The van der Waals surface area contributed by atoms with Gasteiger partial charge in [0.05, 0.1) is 4.90 Å². The molecular formula is C15H24N2O2S2. The van der Waals surface area contributed by atoms with Crippen LogP contribution in [-0.2, 0) is 10.0 Å².